The molecule has 3 N–H and O–H groups in total. The molecule has 2 atom stereocenters. The quantitative estimate of drug-likeness (QED) is 0.633. The van der Waals surface area contributed by atoms with Gasteiger partial charge in [0.2, 0.25) is 0 Å². The number of aliphatic hydroxyl groups is 2. The molecule has 2 unspecified atom stereocenters. The highest BCUT2D eigenvalue weighted by Crippen LogP contribution is 2.21. The normalized spacial score (nSPS) is 14.5. The van der Waals surface area contributed by atoms with Gasteiger partial charge >= 0.3 is 0 Å². The van der Waals surface area contributed by atoms with Crippen LogP contribution in [0.4, 0.5) is 0 Å². The van der Waals surface area contributed by atoms with E-state index in [-0.39, 0.29) is 6.54 Å². The number of hydrogen-bond acceptors (Lipinski definition) is 4. The van der Waals surface area contributed by atoms with Gasteiger partial charge in [0.05, 0.1) is 6.10 Å². The summed E-state index contributed by atoms with van der Waals surface area (Å²) in [6.45, 7) is 2.14. The SMILES string of the molecule is CNCC(O)C(O)c1ccc(C)cc1C=O. The fourth-order valence-corrected chi connectivity index (χ4v) is 1.59. The summed E-state index contributed by atoms with van der Waals surface area (Å²) < 4.78 is 0. The Labute approximate surface area is 94.9 Å². The Kier molecular flexibility index (Phi) is 4.61. The lowest BCUT2D eigenvalue weighted by atomic mass is 9.97. The molecule has 0 saturated carbocycles. The fraction of sp³-hybridized carbons (Fsp3) is 0.417. The molecule has 16 heavy (non-hydrogen) atoms. The van der Waals surface area contributed by atoms with Gasteiger partial charge in [-0.2, -0.15) is 0 Å². The van der Waals surface area contributed by atoms with E-state index in [1.807, 2.05) is 6.92 Å². The lowest BCUT2D eigenvalue weighted by Gasteiger charge is -2.19. The van der Waals surface area contributed by atoms with Gasteiger partial charge in [-0.25, -0.2) is 0 Å². The molecule has 1 aromatic rings. The van der Waals surface area contributed by atoms with Crippen molar-refractivity contribution in [1.82, 2.24) is 5.32 Å². The summed E-state index contributed by atoms with van der Waals surface area (Å²) in [4.78, 5) is 10.9. The summed E-state index contributed by atoms with van der Waals surface area (Å²) in [5, 5.41) is 22.3. The third-order valence-electron chi connectivity index (χ3n) is 2.47. The smallest absolute Gasteiger partial charge is 0.150 e. The number of likely N-dealkylation sites (N-methyl/N-ethyl adjacent to an activating group) is 1. The molecule has 4 heteroatoms. The number of hydrogen-bond donors (Lipinski definition) is 3. The van der Waals surface area contributed by atoms with Crippen LogP contribution in [0, 0.1) is 6.92 Å². The topological polar surface area (TPSA) is 69.6 Å². The molecule has 88 valence electrons. The van der Waals surface area contributed by atoms with Crippen molar-refractivity contribution in [3.8, 4) is 0 Å². The second kappa shape index (κ2) is 5.75. The molecule has 0 saturated heterocycles. The zero-order chi connectivity index (χ0) is 12.1. The molecular weight excluding hydrogens is 206 g/mol. The van der Waals surface area contributed by atoms with Crippen LogP contribution in [0.3, 0.4) is 0 Å². The largest absolute Gasteiger partial charge is 0.389 e. The third-order valence-corrected chi connectivity index (χ3v) is 2.47. The maximum Gasteiger partial charge on any atom is 0.150 e. The van der Waals surface area contributed by atoms with Gasteiger partial charge in [0, 0.05) is 12.1 Å². The van der Waals surface area contributed by atoms with Crippen molar-refractivity contribution in [2.24, 2.45) is 0 Å². The van der Waals surface area contributed by atoms with Crippen LogP contribution in [0.1, 0.15) is 27.6 Å². The van der Waals surface area contributed by atoms with Crippen molar-refractivity contribution >= 4 is 6.29 Å². The Morgan fingerprint density at radius 2 is 2.12 bits per heavy atom. The van der Waals surface area contributed by atoms with Crippen LogP contribution in [0.2, 0.25) is 0 Å². The number of rotatable bonds is 5. The van der Waals surface area contributed by atoms with Crippen LogP contribution in [0.15, 0.2) is 18.2 Å². The zero-order valence-electron chi connectivity index (χ0n) is 9.47. The van der Waals surface area contributed by atoms with Crippen LogP contribution in [-0.4, -0.2) is 36.2 Å². The van der Waals surface area contributed by atoms with E-state index in [0.717, 1.165) is 5.56 Å². The molecule has 0 aromatic heterocycles. The summed E-state index contributed by atoms with van der Waals surface area (Å²) in [6, 6.07) is 5.16. The molecule has 0 bridgehead atoms. The maximum atomic E-state index is 10.9. The Hall–Kier alpha value is -1.23. The van der Waals surface area contributed by atoms with Gasteiger partial charge in [-0.15, -0.1) is 0 Å². The molecule has 1 rings (SSSR count). The van der Waals surface area contributed by atoms with E-state index in [4.69, 9.17) is 0 Å². The Balaban J connectivity index is 2.98. The van der Waals surface area contributed by atoms with Crippen molar-refractivity contribution in [3.05, 3.63) is 34.9 Å². The molecule has 1 aromatic carbocycles. The Morgan fingerprint density at radius 1 is 1.44 bits per heavy atom. The number of aldehydes is 1. The van der Waals surface area contributed by atoms with E-state index in [2.05, 4.69) is 5.32 Å². The third kappa shape index (κ3) is 2.88. The molecule has 0 radical (unpaired) electrons. The Bertz CT molecular complexity index is 365. The first-order valence-corrected chi connectivity index (χ1v) is 5.16. The summed E-state index contributed by atoms with van der Waals surface area (Å²) in [5.41, 5.74) is 1.83. The molecule has 0 aliphatic carbocycles. The van der Waals surface area contributed by atoms with Crippen LogP contribution in [-0.2, 0) is 0 Å². The zero-order valence-corrected chi connectivity index (χ0v) is 9.47. The van der Waals surface area contributed by atoms with Crippen LogP contribution in [0.5, 0.6) is 0 Å². The maximum absolute atomic E-state index is 10.9. The number of benzene rings is 1. The van der Waals surface area contributed by atoms with Crippen molar-refractivity contribution in [1.29, 1.82) is 0 Å². The van der Waals surface area contributed by atoms with Crippen LogP contribution in [0.25, 0.3) is 0 Å². The highest BCUT2D eigenvalue weighted by atomic mass is 16.3. The monoisotopic (exact) mass is 223 g/mol. The summed E-state index contributed by atoms with van der Waals surface area (Å²) in [6.07, 6.45) is -1.28. The lowest BCUT2D eigenvalue weighted by molar-refractivity contribution is 0.0199. The first-order valence-electron chi connectivity index (χ1n) is 5.16. The molecule has 0 fully saturated rings. The molecule has 0 amide bonds. The highest BCUT2D eigenvalue weighted by Gasteiger charge is 2.20. The number of carbonyl (C=O) groups excluding carboxylic acids is 1. The van der Waals surface area contributed by atoms with E-state index in [1.165, 1.54) is 0 Å². The van der Waals surface area contributed by atoms with Gasteiger partial charge < -0.3 is 15.5 Å². The fourth-order valence-electron chi connectivity index (χ4n) is 1.59. The number of aliphatic hydroxyl groups excluding tert-OH is 2. The summed E-state index contributed by atoms with van der Waals surface area (Å²) >= 11 is 0. The number of carbonyl (C=O) groups is 1. The van der Waals surface area contributed by atoms with E-state index < -0.39 is 12.2 Å². The van der Waals surface area contributed by atoms with E-state index in [0.29, 0.717) is 17.4 Å². The van der Waals surface area contributed by atoms with Crippen molar-refractivity contribution in [2.45, 2.75) is 19.1 Å². The van der Waals surface area contributed by atoms with Gasteiger partial charge in [-0.05, 0) is 25.6 Å². The van der Waals surface area contributed by atoms with E-state index in [9.17, 15) is 15.0 Å². The molecule has 0 heterocycles. The van der Waals surface area contributed by atoms with Gasteiger partial charge in [-0.1, -0.05) is 17.7 Å². The summed E-state index contributed by atoms with van der Waals surface area (Å²) in [7, 11) is 1.69. The molecule has 0 aliphatic heterocycles. The van der Waals surface area contributed by atoms with Gasteiger partial charge in [0.15, 0.2) is 0 Å². The molecule has 0 spiro atoms. The second-order valence-electron chi connectivity index (χ2n) is 3.82. The highest BCUT2D eigenvalue weighted by molar-refractivity contribution is 5.77. The standard InChI is InChI=1S/C12H17NO3/c1-8-3-4-10(9(5-8)7-14)12(16)11(15)6-13-2/h3-5,7,11-13,15-16H,6H2,1-2H3. The van der Waals surface area contributed by atoms with E-state index in [1.54, 1.807) is 25.2 Å². The van der Waals surface area contributed by atoms with Crippen LogP contribution < -0.4 is 5.32 Å². The molecule has 0 aliphatic rings. The summed E-state index contributed by atoms with van der Waals surface area (Å²) in [5.74, 6) is 0. The minimum atomic E-state index is -1.05. The minimum absolute atomic E-state index is 0.271. The van der Waals surface area contributed by atoms with E-state index >= 15 is 0 Å². The molecular formula is C12H17NO3. The number of aryl methyl sites for hydroxylation is 1. The first-order chi connectivity index (χ1) is 7.60. The Morgan fingerprint density at radius 3 is 2.69 bits per heavy atom. The van der Waals surface area contributed by atoms with Gasteiger partial charge in [0.1, 0.15) is 12.4 Å². The minimum Gasteiger partial charge on any atom is -0.389 e. The van der Waals surface area contributed by atoms with Gasteiger partial charge in [0.25, 0.3) is 0 Å². The molecule has 4 nitrogen and oxygen atoms in total. The average molecular weight is 223 g/mol. The predicted molar refractivity (Wildman–Crippen MR) is 61.5 cm³/mol. The van der Waals surface area contributed by atoms with Gasteiger partial charge in [-0.3, -0.25) is 4.79 Å². The first kappa shape index (κ1) is 12.8. The number of nitrogens with one attached hydrogen (secondary N) is 1. The lowest BCUT2D eigenvalue weighted by Crippen LogP contribution is -2.30. The predicted octanol–water partition coefficient (Wildman–Crippen LogP) is 0.421. The van der Waals surface area contributed by atoms with Crippen LogP contribution >= 0.6 is 0 Å². The second-order valence-corrected chi connectivity index (χ2v) is 3.82. The van der Waals surface area contributed by atoms with Crippen molar-refractivity contribution in [3.63, 3.8) is 0 Å². The van der Waals surface area contributed by atoms with Crippen molar-refractivity contribution in [2.75, 3.05) is 13.6 Å². The average Bonchev–Trinajstić information content (AvgIpc) is 2.28. The van der Waals surface area contributed by atoms with Crippen molar-refractivity contribution < 1.29 is 15.0 Å².